The maximum absolute atomic E-state index is 11.4. The van der Waals surface area contributed by atoms with Crippen molar-refractivity contribution in [1.29, 1.82) is 0 Å². The van der Waals surface area contributed by atoms with Crippen LogP contribution in [0, 0.1) is 22.0 Å². The first-order chi connectivity index (χ1) is 20.0. The van der Waals surface area contributed by atoms with E-state index in [-0.39, 0.29) is 10.6 Å². The Morgan fingerprint density at radius 3 is 1.55 bits per heavy atom. The third kappa shape index (κ3) is 10.5. The van der Waals surface area contributed by atoms with E-state index >= 15 is 0 Å². The fourth-order valence-electron chi connectivity index (χ4n) is 4.71. The van der Waals surface area contributed by atoms with Crippen LogP contribution in [0.15, 0.2) is 106 Å². The molecule has 0 bridgehead atoms. The minimum absolute atomic E-state index is 0.131. The fraction of sp³-hybridized carbons (Fsp3) is 0.294. The lowest BCUT2D eigenvalue weighted by Gasteiger charge is -2.28. The number of benzene rings is 4. The molecule has 0 spiro atoms. The van der Waals surface area contributed by atoms with Gasteiger partial charge in [-0.05, 0) is 53.3 Å². The number of nitrogen functional groups attached to an aromatic ring is 1. The molecule has 0 amide bonds. The highest BCUT2D eigenvalue weighted by Gasteiger charge is 2.21. The molecule has 0 saturated heterocycles. The first kappa shape index (κ1) is 33.1. The molecular formula is C34H40Br2N4O2. The first-order valence-corrected chi connectivity index (χ1v) is 15.7. The molecule has 0 aromatic heterocycles. The summed E-state index contributed by atoms with van der Waals surface area (Å²) in [5, 5.41) is 11.4. The van der Waals surface area contributed by atoms with Crippen molar-refractivity contribution >= 4 is 54.6 Å². The second-order valence-electron chi connectivity index (χ2n) is 11.1. The van der Waals surface area contributed by atoms with Crippen LogP contribution in [0.1, 0.15) is 38.8 Å². The Morgan fingerprint density at radius 1 is 0.690 bits per heavy atom. The van der Waals surface area contributed by atoms with Crippen LogP contribution in [-0.2, 0) is 13.1 Å². The van der Waals surface area contributed by atoms with Crippen molar-refractivity contribution < 1.29 is 4.92 Å². The summed E-state index contributed by atoms with van der Waals surface area (Å²) in [7, 11) is 0. The van der Waals surface area contributed by atoms with E-state index < -0.39 is 0 Å². The van der Waals surface area contributed by atoms with Gasteiger partial charge in [-0.15, -0.1) is 0 Å². The molecule has 0 heterocycles. The fourth-order valence-corrected chi connectivity index (χ4v) is 5.44. The average Bonchev–Trinajstić information content (AvgIpc) is 2.93. The molecule has 4 aromatic carbocycles. The Balaban J connectivity index is 0.000000231. The van der Waals surface area contributed by atoms with E-state index in [9.17, 15) is 10.1 Å². The van der Waals surface area contributed by atoms with Crippen LogP contribution in [0.3, 0.4) is 0 Å². The van der Waals surface area contributed by atoms with Gasteiger partial charge in [-0.3, -0.25) is 10.1 Å². The van der Waals surface area contributed by atoms with E-state index in [1.807, 2.05) is 60.7 Å². The summed E-state index contributed by atoms with van der Waals surface area (Å²) in [6.07, 6.45) is 0. The van der Waals surface area contributed by atoms with Gasteiger partial charge in [0.15, 0.2) is 0 Å². The highest BCUT2D eigenvalue weighted by atomic mass is 79.9. The number of hydrogen-bond donors (Lipinski definition) is 1. The number of nitro benzene ring substituents is 1. The number of rotatable bonds is 11. The highest BCUT2D eigenvalue weighted by molar-refractivity contribution is 9.10. The minimum atomic E-state index is -0.321. The van der Waals surface area contributed by atoms with Gasteiger partial charge in [0, 0.05) is 41.2 Å². The summed E-state index contributed by atoms with van der Waals surface area (Å²) in [5.74, 6) is 0.994. The second-order valence-corrected chi connectivity index (χ2v) is 12.9. The van der Waals surface area contributed by atoms with E-state index in [4.69, 9.17) is 5.73 Å². The van der Waals surface area contributed by atoms with Crippen molar-refractivity contribution in [3.63, 3.8) is 0 Å². The standard InChI is InChI=1S/C17H19BrN2O2.C17H21BrN2/c1-13(2)11-19(12-14-6-4-3-5-7-14)16-9-8-15(18)10-17(16)20(21)22;1-13(2)11-20(12-14-6-4-3-5-7-14)17-9-8-15(18)10-16(17)19/h3-10,13H,11-12H2,1-2H3;3-10,13H,11-12,19H2,1-2H3. The van der Waals surface area contributed by atoms with Gasteiger partial charge in [-0.2, -0.15) is 0 Å². The molecule has 0 aliphatic carbocycles. The summed E-state index contributed by atoms with van der Waals surface area (Å²) in [6.45, 7) is 12.0. The largest absolute Gasteiger partial charge is 0.397 e. The van der Waals surface area contributed by atoms with E-state index in [0.717, 1.165) is 41.0 Å². The van der Waals surface area contributed by atoms with E-state index in [1.54, 1.807) is 6.07 Å². The predicted molar refractivity (Wildman–Crippen MR) is 184 cm³/mol. The Hall–Kier alpha value is -3.36. The summed E-state index contributed by atoms with van der Waals surface area (Å²) in [6, 6.07) is 31.9. The molecule has 0 radical (unpaired) electrons. The monoisotopic (exact) mass is 694 g/mol. The maximum Gasteiger partial charge on any atom is 0.293 e. The number of nitrogens with two attached hydrogens (primary N) is 1. The van der Waals surface area contributed by atoms with Gasteiger partial charge >= 0.3 is 0 Å². The molecule has 42 heavy (non-hydrogen) atoms. The number of hydrogen-bond acceptors (Lipinski definition) is 5. The minimum Gasteiger partial charge on any atom is -0.397 e. The first-order valence-electron chi connectivity index (χ1n) is 14.1. The van der Waals surface area contributed by atoms with Crippen LogP contribution in [0.25, 0.3) is 0 Å². The SMILES string of the molecule is CC(C)CN(Cc1ccccc1)c1ccc(Br)cc1N.CC(C)CN(Cc1ccccc1)c1ccc(Br)cc1[N+](=O)[O-]. The Bertz CT molecular complexity index is 1420. The summed E-state index contributed by atoms with van der Waals surface area (Å²) >= 11 is 6.77. The van der Waals surface area contributed by atoms with Gasteiger partial charge in [0.25, 0.3) is 5.69 Å². The molecule has 6 nitrogen and oxygen atoms in total. The molecule has 0 aliphatic rings. The Morgan fingerprint density at radius 2 is 1.12 bits per heavy atom. The molecule has 0 unspecified atom stereocenters. The third-order valence-electron chi connectivity index (χ3n) is 6.41. The Labute approximate surface area is 267 Å². The van der Waals surface area contributed by atoms with Crippen molar-refractivity contribution in [3.05, 3.63) is 127 Å². The molecule has 4 aromatic rings. The van der Waals surface area contributed by atoms with Crippen LogP contribution >= 0.6 is 31.9 Å². The van der Waals surface area contributed by atoms with Gasteiger partial charge in [0.2, 0.25) is 0 Å². The second kappa shape index (κ2) is 16.3. The van der Waals surface area contributed by atoms with Crippen LogP contribution in [-0.4, -0.2) is 18.0 Å². The van der Waals surface area contributed by atoms with Gasteiger partial charge < -0.3 is 15.5 Å². The van der Waals surface area contributed by atoms with E-state index in [2.05, 4.69) is 99.7 Å². The van der Waals surface area contributed by atoms with Crippen LogP contribution in [0.5, 0.6) is 0 Å². The predicted octanol–water partition coefficient (Wildman–Crippen LogP) is 9.71. The smallest absolute Gasteiger partial charge is 0.293 e. The molecular weight excluding hydrogens is 656 g/mol. The topological polar surface area (TPSA) is 75.6 Å². The van der Waals surface area contributed by atoms with Crippen LogP contribution in [0.4, 0.5) is 22.7 Å². The molecule has 8 heteroatoms. The number of nitro groups is 1. The molecule has 2 N–H and O–H groups in total. The van der Waals surface area contributed by atoms with E-state index in [1.165, 1.54) is 5.56 Å². The highest BCUT2D eigenvalue weighted by Crippen LogP contribution is 2.33. The average molecular weight is 697 g/mol. The van der Waals surface area contributed by atoms with Gasteiger partial charge in [-0.25, -0.2) is 0 Å². The zero-order valence-corrected chi connectivity index (χ0v) is 27.9. The molecule has 222 valence electrons. The molecule has 4 rings (SSSR count). The lowest BCUT2D eigenvalue weighted by Crippen LogP contribution is -2.27. The van der Waals surface area contributed by atoms with E-state index in [0.29, 0.717) is 28.5 Å². The lowest BCUT2D eigenvalue weighted by molar-refractivity contribution is -0.384. The zero-order valence-electron chi connectivity index (χ0n) is 24.7. The normalized spacial score (nSPS) is 10.8. The third-order valence-corrected chi connectivity index (χ3v) is 7.40. The maximum atomic E-state index is 11.4. The van der Waals surface area contributed by atoms with Crippen LogP contribution < -0.4 is 15.5 Å². The van der Waals surface area contributed by atoms with Gasteiger partial charge in [0.1, 0.15) is 5.69 Å². The quantitative estimate of drug-likeness (QED) is 0.0961. The number of anilines is 3. The van der Waals surface area contributed by atoms with Gasteiger partial charge in [0.05, 0.1) is 16.3 Å². The molecule has 0 atom stereocenters. The lowest BCUT2D eigenvalue weighted by atomic mass is 10.1. The summed E-state index contributed by atoms with van der Waals surface area (Å²) in [4.78, 5) is 15.5. The van der Waals surface area contributed by atoms with Gasteiger partial charge in [-0.1, -0.05) is 120 Å². The van der Waals surface area contributed by atoms with Crippen molar-refractivity contribution in [2.75, 3.05) is 28.6 Å². The number of halogens is 2. The Kier molecular flexibility index (Phi) is 12.9. The molecule has 0 saturated carbocycles. The summed E-state index contributed by atoms with van der Waals surface area (Å²) < 4.78 is 1.73. The zero-order chi connectivity index (χ0) is 30.6. The van der Waals surface area contributed by atoms with Crippen molar-refractivity contribution in [3.8, 4) is 0 Å². The van der Waals surface area contributed by atoms with Crippen molar-refractivity contribution in [2.24, 2.45) is 11.8 Å². The van der Waals surface area contributed by atoms with Crippen molar-refractivity contribution in [2.45, 2.75) is 40.8 Å². The van der Waals surface area contributed by atoms with Crippen molar-refractivity contribution in [1.82, 2.24) is 0 Å². The molecule has 0 fully saturated rings. The molecule has 0 aliphatic heterocycles. The number of nitrogens with zero attached hydrogens (tertiary/aromatic N) is 3. The summed E-state index contributed by atoms with van der Waals surface area (Å²) in [5.41, 5.74) is 11.3. The van der Waals surface area contributed by atoms with Crippen LogP contribution in [0.2, 0.25) is 0 Å².